The Kier molecular flexibility index (Phi) is 5.86. The second-order valence-electron chi connectivity index (χ2n) is 8.33. The normalized spacial score (nSPS) is 44.9. The zero-order valence-corrected chi connectivity index (χ0v) is 14.7. The van der Waals surface area contributed by atoms with Gasteiger partial charge in [-0.1, -0.05) is 13.8 Å². The van der Waals surface area contributed by atoms with Crippen LogP contribution in [0.25, 0.3) is 0 Å². The first-order valence-electron chi connectivity index (χ1n) is 7.92. The van der Waals surface area contributed by atoms with Gasteiger partial charge in [0.05, 0.1) is 0 Å². The molecule has 120 valence electrons. The van der Waals surface area contributed by atoms with Crippen LogP contribution in [0, 0.1) is 16.7 Å². The van der Waals surface area contributed by atoms with E-state index in [0.717, 1.165) is 12.5 Å². The van der Waals surface area contributed by atoms with Gasteiger partial charge in [-0.25, -0.2) is 0 Å². The summed E-state index contributed by atoms with van der Waals surface area (Å²) in [7, 11) is 0. The molecule has 20 heavy (non-hydrogen) atoms. The van der Waals surface area contributed by atoms with Gasteiger partial charge in [-0.3, -0.25) is 0 Å². The van der Waals surface area contributed by atoms with Gasteiger partial charge in [-0.15, -0.1) is 24.8 Å². The molecular formula is C16H32Cl2N2. The molecule has 2 unspecified atom stereocenters. The summed E-state index contributed by atoms with van der Waals surface area (Å²) in [6.45, 7) is 7.11. The van der Waals surface area contributed by atoms with Gasteiger partial charge in [0.1, 0.15) is 0 Å². The van der Waals surface area contributed by atoms with E-state index in [1.165, 1.54) is 57.9 Å². The molecule has 0 aromatic rings. The van der Waals surface area contributed by atoms with Crippen molar-refractivity contribution in [3.63, 3.8) is 0 Å². The minimum absolute atomic E-state index is 0. The molecule has 0 radical (unpaired) electrons. The van der Waals surface area contributed by atoms with E-state index in [4.69, 9.17) is 5.73 Å². The largest absolute Gasteiger partial charge is 0.330 e. The van der Waals surface area contributed by atoms with E-state index in [2.05, 4.69) is 19.2 Å². The summed E-state index contributed by atoms with van der Waals surface area (Å²) in [4.78, 5) is 0. The first-order chi connectivity index (χ1) is 8.47. The standard InChI is InChI=1S/C16H30N2.2ClH/c1-14-7-13-8-15(2,10-14)12-16(9-13,11-14)18-6-4-3-5-17;;/h13,18H,3-12,17H2,1-2H3;2*1H. The number of halogens is 2. The summed E-state index contributed by atoms with van der Waals surface area (Å²) in [5.41, 5.74) is 7.34. The van der Waals surface area contributed by atoms with Gasteiger partial charge in [0.25, 0.3) is 0 Å². The Balaban J connectivity index is 0.000001000. The van der Waals surface area contributed by atoms with Crippen molar-refractivity contribution in [1.29, 1.82) is 0 Å². The average molecular weight is 323 g/mol. The van der Waals surface area contributed by atoms with Crippen molar-refractivity contribution in [2.75, 3.05) is 13.1 Å². The van der Waals surface area contributed by atoms with Gasteiger partial charge in [0, 0.05) is 5.54 Å². The maximum absolute atomic E-state index is 5.59. The molecule has 2 nitrogen and oxygen atoms in total. The highest BCUT2D eigenvalue weighted by Crippen LogP contribution is 2.66. The summed E-state index contributed by atoms with van der Waals surface area (Å²) in [5.74, 6) is 0.998. The molecule has 4 aliphatic rings. The Labute approximate surface area is 136 Å². The zero-order valence-electron chi connectivity index (χ0n) is 13.0. The molecule has 0 aromatic heterocycles. The molecule has 0 aromatic carbocycles. The number of unbranched alkanes of at least 4 members (excludes halogenated alkanes) is 1. The average Bonchev–Trinajstić information content (AvgIpc) is 2.19. The van der Waals surface area contributed by atoms with Crippen LogP contribution in [0.2, 0.25) is 0 Å². The number of nitrogens with one attached hydrogen (secondary N) is 1. The monoisotopic (exact) mass is 322 g/mol. The summed E-state index contributed by atoms with van der Waals surface area (Å²) < 4.78 is 0. The van der Waals surface area contributed by atoms with Gasteiger partial charge < -0.3 is 11.1 Å². The zero-order chi connectivity index (χ0) is 12.9. The van der Waals surface area contributed by atoms with Crippen LogP contribution in [-0.2, 0) is 0 Å². The predicted octanol–water partition coefficient (Wildman–Crippen LogP) is 3.91. The molecule has 0 saturated heterocycles. The van der Waals surface area contributed by atoms with E-state index in [0.29, 0.717) is 16.4 Å². The van der Waals surface area contributed by atoms with Crippen molar-refractivity contribution in [2.24, 2.45) is 22.5 Å². The second-order valence-corrected chi connectivity index (χ2v) is 8.33. The molecule has 0 heterocycles. The number of nitrogens with two attached hydrogens (primary N) is 1. The van der Waals surface area contributed by atoms with Gasteiger partial charge >= 0.3 is 0 Å². The predicted molar refractivity (Wildman–Crippen MR) is 90.9 cm³/mol. The van der Waals surface area contributed by atoms with Crippen molar-refractivity contribution in [2.45, 2.75) is 70.8 Å². The first kappa shape index (κ1) is 18.5. The molecule has 4 aliphatic carbocycles. The van der Waals surface area contributed by atoms with Crippen LogP contribution in [0.15, 0.2) is 0 Å². The lowest BCUT2D eigenvalue weighted by Gasteiger charge is -2.65. The highest BCUT2D eigenvalue weighted by Gasteiger charge is 2.59. The van der Waals surface area contributed by atoms with Crippen molar-refractivity contribution in [3.05, 3.63) is 0 Å². The summed E-state index contributed by atoms with van der Waals surface area (Å²) >= 11 is 0. The van der Waals surface area contributed by atoms with Gasteiger partial charge in [0.15, 0.2) is 0 Å². The summed E-state index contributed by atoms with van der Waals surface area (Å²) in [6.07, 6.45) is 11.2. The molecule has 0 amide bonds. The molecule has 3 N–H and O–H groups in total. The quantitative estimate of drug-likeness (QED) is 0.753. The SMILES string of the molecule is CC12CC3CC(C)(C1)CC(NCCCCN)(C3)C2.Cl.Cl. The van der Waals surface area contributed by atoms with Gasteiger partial charge in [-0.05, 0) is 81.2 Å². The van der Waals surface area contributed by atoms with Crippen molar-refractivity contribution < 1.29 is 0 Å². The van der Waals surface area contributed by atoms with Crippen molar-refractivity contribution in [3.8, 4) is 0 Å². The maximum atomic E-state index is 5.59. The number of hydrogen-bond donors (Lipinski definition) is 2. The van der Waals surface area contributed by atoms with Crippen LogP contribution in [0.3, 0.4) is 0 Å². The lowest BCUT2D eigenvalue weighted by Crippen LogP contribution is -2.64. The Morgan fingerprint density at radius 3 is 2.05 bits per heavy atom. The fraction of sp³-hybridized carbons (Fsp3) is 1.00. The van der Waals surface area contributed by atoms with E-state index in [-0.39, 0.29) is 24.8 Å². The first-order valence-corrected chi connectivity index (χ1v) is 7.92. The molecule has 4 rings (SSSR count). The topological polar surface area (TPSA) is 38.0 Å². The third-order valence-corrected chi connectivity index (χ3v) is 5.76. The lowest BCUT2D eigenvalue weighted by atomic mass is 9.43. The van der Waals surface area contributed by atoms with E-state index in [9.17, 15) is 0 Å². The highest BCUT2D eigenvalue weighted by atomic mass is 35.5. The molecule has 4 fully saturated rings. The molecule has 4 heteroatoms. The van der Waals surface area contributed by atoms with Crippen LogP contribution < -0.4 is 11.1 Å². The van der Waals surface area contributed by atoms with E-state index >= 15 is 0 Å². The fourth-order valence-corrected chi connectivity index (χ4v) is 6.27. The molecule has 0 aliphatic heterocycles. The fourth-order valence-electron chi connectivity index (χ4n) is 6.27. The van der Waals surface area contributed by atoms with Crippen LogP contribution >= 0.6 is 24.8 Å². The second kappa shape index (κ2) is 6.32. The molecule has 4 saturated carbocycles. The van der Waals surface area contributed by atoms with Crippen LogP contribution in [0.1, 0.15) is 65.2 Å². The maximum Gasteiger partial charge on any atom is 0.0194 e. The summed E-state index contributed by atoms with van der Waals surface area (Å²) in [6, 6.07) is 0. The number of hydrogen-bond acceptors (Lipinski definition) is 2. The lowest BCUT2D eigenvalue weighted by molar-refractivity contribution is -0.117. The van der Waals surface area contributed by atoms with Crippen LogP contribution in [0.4, 0.5) is 0 Å². The van der Waals surface area contributed by atoms with Crippen LogP contribution in [0.5, 0.6) is 0 Å². The van der Waals surface area contributed by atoms with Gasteiger partial charge in [0.2, 0.25) is 0 Å². The minimum atomic E-state index is 0. The van der Waals surface area contributed by atoms with E-state index in [1.807, 2.05) is 0 Å². The summed E-state index contributed by atoms with van der Waals surface area (Å²) in [5, 5.41) is 3.96. The molecule has 0 spiro atoms. The number of rotatable bonds is 5. The van der Waals surface area contributed by atoms with Crippen LogP contribution in [-0.4, -0.2) is 18.6 Å². The molecular weight excluding hydrogens is 291 g/mol. The van der Waals surface area contributed by atoms with Crippen molar-refractivity contribution >= 4 is 24.8 Å². The minimum Gasteiger partial charge on any atom is -0.330 e. The third-order valence-electron chi connectivity index (χ3n) is 5.76. The van der Waals surface area contributed by atoms with Gasteiger partial charge in [-0.2, -0.15) is 0 Å². The Hall–Kier alpha value is 0.500. The van der Waals surface area contributed by atoms with E-state index in [1.54, 1.807) is 0 Å². The Morgan fingerprint density at radius 2 is 1.55 bits per heavy atom. The molecule has 2 atom stereocenters. The third kappa shape index (κ3) is 3.45. The van der Waals surface area contributed by atoms with Crippen molar-refractivity contribution in [1.82, 2.24) is 5.32 Å². The van der Waals surface area contributed by atoms with E-state index < -0.39 is 0 Å². The Bertz CT molecular complexity index is 316. The smallest absolute Gasteiger partial charge is 0.0194 e. The molecule has 4 bridgehead atoms. The Morgan fingerprint density at radius 1 is 0.950 bits per heavy atom. The highest BCUT2D eigenvalue weighted by molar-refractivity contribution is 5.85.